The Balaban J connectivity index is 2.22. The largest absolute Gasteiger partial charge is 0.399 e. The summed E-state index contributed by atoms with van der Waals surface area (Å²) in [6.45, 7) is 4.85. The first kappa shape index (κ1) is 14.3. The van der Waals surface area contributed by atoms with Crippen molar-refractivity contribution in [1.29, 1.82) is 0 Å². The molecule has 0 aromatic heterocycles. The molecular formula is C14H20BrN3O. The van der Waals surface area contributed by atoms with Gasteiger partial charge in [-0.15, -0.1) is 0 Å². The summed E-state index contributed by atoms with van der Waals surface area (Å²) in [5.74, 6) is 0.0656. The number of nitrogens with zero attached hydrogens (tertiary/aromatic N) is 2. The van der Waals surface area contributed by atoms with E-state index in [4.69, 9.17) is 5.73 Å². The van der Waals surface area contributed by atoms with Crippen molar-refractivity contribution in [3.05, 3.63) is 28.2 Å². The van der Waals surface area contributed by atoms with Crippen LogP contribution in [0.25, 0.3) is 0 Å². The van der Waals surface area contributed by atoms with Gasteiger partial charge >= 0.3 is 0 Å². The smallest absolute Gasteiger partial charge is 0.254 e. The van der Waals surface area contributed by atoms with E-state index in [0.717, 1.165) is 30.5 Å². The minimum atomic E-state index is 0.0656. The number of likely N-dealkylation sites (N-methyl/N-ethyl adjacent to an activating group) is 1. The molecule has 5 heteroatoms. The van der Waals surface area contributed by atoms with Gasteiger partial charge < -0.3 is 15.5 Å². The van der Waals surface area contributed by atoms with Crippen molar-refractivity contribution in [3.8, 4) is 0 Å². The molecule has 4 nitrogen and oxygen atoms in total. The van der Waals surface area contributed by atoms with Gasteiger partial charge in [0, 0.05) is 34.9 Å². The Labute approximate surface area is 122 Å². The van der Waals surface area contributed by atoms with Crippen molar-refractivity contribution in [2.75, 3.05) is 32.4 Å². The zero-order chi connectivity index (χ0) is 14.0. The predicted octanol–water partition coefficient (Wildman–Crippen LogP) is 2.20. The monoisotopic (exact) mass is 325 g/mol. The van der Waals surface area contributed by atoms with E-state index in [2.05, 4.69) is 34.8 Å². The molecule has 0 aliphatic carbocycles. The molecule has 1 aliphatic rings. The third-order valence-electron chi connectivity index (χ3n) is 3.47. The van der Waals surface area contributed by atoms with E-state index in [1.165, 1.54) is 0 Å². The topological polar surface area (TPSA) is 49.6 Å². The van der Waals surface area contributed by atoms with Gasteiger partial charge in [-0.25, -0.2) is 0 Å². The Morgan fingerprint density at radius 3 is 2.79 bits per heavy atom. The van der Waals surface area contributed by atoms with Crippen LogP contribution in [0, 0.1) is 0 Å². The Bertz CT molecular complexity index is 458. The highest BCUT2D eigenvalue weighted by Gasteiger charge is 2.25. The van der Waals surface area contributed by atoms with E-state index >= 15 is 0 Å². The number of benzene rings is 1. The van der Waals surface area contributed by atoms with Crippen molar-refractivity contribution in [3.63, 3.8) is 0 Å². The molecular weight excluding hydrogens is 306 g/mol. The predicted molar refractivity (Wildman–Crippen MR) is 81.2 cm³/mol. The van der Waals surface area contributed by atoms with Gasteiger partial charge in [-0.3, -0.25) is 4.79 Å². The summed E-state index contributed by atoms with van der Waals surface area (Å²) in [6, 6.07) is 5.60. The minimum Gasteiger partial charge on any atom is -0.399 e. The zero-order valence-electron chi connectivity index (χ0n) is 11.4. The van der Waals surface area contributed by atoms with Crippen LogP contribution in [-0.2, 0) is 0 Å². The highest BCUT2D eigenvalue weighted by molar-refractivity contribution is 9.10. The molecule has 2 N–H and O–H groups in total. The van der Waals surface area contributed by atoms with Crippen LogP contribution in [0.5, 0.6) is 0 Å². The summed E-state index contributed by atoms with van der Waals surface area (Å²) >= 11 is 3.39. The van der Waals surface area contributed by atoms with Gasteiger partial charge in [0.05, 0.1) is 0 Å². The second-order valence-corrected chi connectivity index (χ2v) is 6.15. The maximum atomic E-state index is 12.6. The fourth-order valence-corrected chi connectivity index (χ4v) is 3.09. The number of nitrogens with two attached hydrogens (primary N) is 1. The molecule has 1 unspecified atom stereocenters. The van der Waals surface area contributed by atoms with Crippen molar-refractivity contribution < 1.29 is 4.79 Å². The number of halogens is 1. The van der Waals surface area contributed by atoms with Crippen LogP contribution >= 0.6 is 15.9 Å². The van der Waals surface area contributed by atoms with Gasteiger partial charge in [0.15, 0.2) is 0 Å². The Morgan fingerprint density at radius 1 is 1.37 bits per heavy atom. The van der Waals surface area contributed by atoms with Crippen molar-refractivity contribution >= 4 is 27.5 Å². The summed E-state index contributed by atoms with van der Waals surface area (Å²) in [5.41, 5.74) is 7.07. The minimum absolute atomic E-state index is 0.0656. The average Bonchev–Trinajstić information content (AvgIpc) is 2.48. The molecule has 104 valence electrons. The molecule has 1 heterocycles. The van der Waals surface area contributed by atoms with E-state index in [1.807, 2.05) is 11.0 Å². The molecule has 1 aromatic carbocycles. The number of nitrogen functional groups attached to an aromatic ring is 1. The normalized spacial score (nSPS) is 21.2. The zero-order valence-corrected chi connectivity index (χ0v) is 13.0. The van der Waals surface area contributed by atoms with Crippen LogP contribution in [0.4, 0.5) is 5.69 Å². The third-order valence-corrected chi connectivity index (χ3v) is 3.93. The molecule has 0 spiro atoms. The molecule has 2 rings (SSSR count). The van der Waals surface area contributed by atoms with E-state index in [-0.39, 0.29) is 11.9 Å². The molecule has 1 aromatic rings. The van der Waals surface area contributed by atoms with Crippen LogP contribution < -0.4 is 5.73 Å². The van der Waals surface area contributed by atoms with Crippen LogP contribution in [0.15, 0.2) is 22.7 Å². The highest BCUT2D eigenvalue weighted by Crippen LogP contribution is 2.20. The van der Waals surface area contributed by atoms with Crippen LogP contribution in [-0.4, -0.2) is 48.4 Å². The van der Waals surface area contributed by atoms with Gasteiger partial charge in [0.2, 0.25) is 0 Å². The lowest BCUT2D eigenvalue weighted by Gasteiger charge is -2.28. The van der Waals surface area contributed by atoms with Crippen molar-refractivity contribution in [2.24, 2.45) is 0 Å². The molecule has 0 radical (unpaired) electrons. The Hall–Kier alpha value is -1.07. The summed E-state index contributed by atoms with van der Waals surface area (Å²) in [7, 11) is 2.10. The molecule has 1 fully saturated rings. The molecule has 19 heavy (non-hydrogen) atoms. The number of carbonyl (C=O) groups is 1. The van der Waals surface area contributed by atoms with E-state index in [9.17, 15) is 4.79 Å². The molecule has 0 saturated carbocycles. The quantitative estimate of drug-likeness (QED) is 0.805. The maximum absolute atomic E-state index is 12.6. The summed E-state index contributed by atoms with van der Waals surface area (Å²) in [6.07, 6.45) is 1.01. The van der Waals surface area contributed by atoms with E-state index in [1.54, 1.807) is 12.1 Å². The third kappa shape index (κ3) is 3.48. The van der Waals surface area contributed by atoms with Crippen molar-refractivity contribution in [1.82, 2.24) is 9.80 Å². The Morgan fingerprint density at radius 2 is 2.11 bits per heavy atom. The van der Waals surface area contributed by atoms with Gasteiger partial charge in [0.25, 0.3) is 5.91 Å². The number of hydrogen-bond donors (Lipinski definition) is 1. The lowest BCUT2D eigenvalue weighted by atomic mass is 10.1. The first-order valence-electron chi connectivity index (χ1n) is 6.53. The summed E-state index contributed by atoms with van der Waals surface area (Å²) < 4.78 is 0.843. The first-order valence-corrected chi connectivity index (χ1v) is 7.32. The molecule has 1 atom stereocenters. The molecule has 1 saturated heterocycles. The van der Waals surface area contributed by atoms with Crippen molar-refractivity contribution in [2.45, 2.75) is 19.4 Å². The number of rotatable bonds is 1. The fraction of sp³-hybridized carbons (Fsp3) is 0.500. The molecule has 1 aliphatic heterocycles. The maximum Gasteiger partial charge on any atom is 0.254 e. The Kier molecular flexibility index (Phi) is 4.47. The van der Waals surface area contributed by atoms with Gasteiger partial charge in [-0.1, -0.05) is 15.9 Å². The number of amides is 1. The van der Waals surface area contributed by atoms with E-state index in [0.29, 0.717) is 11.3 Å². The van der Waals surface area contributed by atoms with Gasteiger partial charge in [-0.05, 0) is 45.1 Å². The summed E-state index contributed by atoms with van der Waals surface area (Å²) in [5, 5.41) is 0. The standard InChI is InChI=1S/C14H20BrN3O/c1-10-9-17(2)4-3-5-18(10)14(19)11-6-12(15)8-13(16)7-11/h6-8,10H,3-5,9,16H2,1-2H3. The fourth-order valence-electron chi connectivity index (χ4n) is 2.58. The lowest BCUT2D eigenvalue weighted by molar-refractivity contribution is 0.0696. The number of carbonyl (C=O) groups excluding carboxylic acids is 1. The number of anilines is 1. The van der Waals surface area contributed by atoms with Crippen LogP contribution in [0.3, 0.4) is 0 Å². The highest BCUT2D eigenvalue weighted by atomic mass is 79.9. The SMILES string of the molecule is CC1CN(C)CCCN1C(=O)c1cc(N)cc(Br)c1. The average molecular weight is 326 g/mol. The first-order chi connectivity index (χ1) is 8.97. The van der Waals surface area contributed by atoms with Crippen LogP contribution in [0.2, 0.25) is 0 Å². The van der Waals surface area contributed by atoms with Crippen LogP contribution in [0.1, 0.15) is 23.7 Å². The van der Waals surface area contributed by atoms with Gasteiger partial charge in [-0.2, -0.15) is 0 Å². The molecule has 0 bridgehead atoms. The second-order valence-electron chi connectivity index (χ2n) is 5.24. The number of hydrogen-bond acceptors (Lipinski definition) is 3. The lowest BCUT2D eigenvalue weighted by Crippen LogP contribution is -2.42. The van der Waals surface area contributed by atoms with Gasteiger partial charge in [0.1, 0.15) is 0 Å². The van der Waals surface area contributed by atoms with E-state index < -0.39 is 0 Å². The second kappa shape index (κ2) is 5.92. The molecule has 1 amide bonds. The summed E-state index contributed by atoms with van der Waals surface area (Å²) in [4.78, 5) is 16.8.